The molecule has 2 aromatic carbocycles. The monoisotopic (exact) mass is 482 g/mol. The molecule has 1 amide bonds. The summed E-state index contributed by atoms with van der Waals surface area (Å²) in [5.41, 5.74) is 3.82. The highest BCUT2D eigenvalue weighted by molar-refractivity contribution is 6.07. The van der Waals surface area contributed by atoms with Crippen LogP contribution >= 0.6 is 12.4 Å². The molecular weight excluding hydrogens is 452 g/mol. The summed E-state index contributed by atoms with van der Waals surface area (Å²) in [7, 11) is 0. The minimum atomic E-state index is -0.511. The molecule has 2 fully saturated rings. The fraction of sp³-hybridized carbons (Fsp3) is 0.444. The number of carbonyl (C=O) groups excluding carboxylic acids is 3. The molecule has 6 nitrogen and oxygen atoms in total. The van der Waals surface area contributed by atoms with E-state index in [2.05, 4.69) is 29.2 Å². The van der Waals surface area contributed by atoms with E-state index in [-0.39, 0.29) is 36.3 Å². The van der Waals surface area contributed by atoms with Gasteiger partial charge in [-0.05, 0) is 55.6 Å². The molecule has 1 saturated carbocycles. The highest BCUT2D eigenvalue weighted by Crippen LogP contribution is 2.34. The number of hydrogen-bond acceptors (Lipinski definition) is 5. The molecule has 180 valence electrons. The summed E-state index contributed by atoms with van der Waals surface area (Å²) < 4.78 is 6.12. The average molecular weight is 483 g/mol. The molecule has 0 aromatic heterocycles. The van der Waals surface area contributed by atoms with Crippen molar-refractivity contribution in [2.75, 3.05) is 13.1 Å². The number of halogens is 1. The van der Waals surface area contributed by atoms with Gasteiger partial charge in [-0.1, -0.05) is 36.8 Å². The Morgan fingerprint density at radius 2 is 1.65 bits per heavy atom. The number of hydrogen-bond donors (Lipinski definition) is 0. The highest BCUT2D eigenvalue weighted by Gasteiger charge is 2.39. The Bertz CT molecular complexity index is 1060. The van der Waals surface area contributed by atoms with Crippen molar-refractivity contribution < 1.29 is 19.1 Å². The van der Waals surface area contributed by atoms with Gasteiger partial charge in [0.2, 0.25) is 0 Å². The standard InChI is InChI=1S/C27H30N2O4.ClH/c30-21-11-12-24(25(31)15-21)29-17-23-22(27(29)32)5-4-6-26(23)33-18-20-9-7-19(8-10-20)16-28-13-2-1-3-14-28;/h4-10,24H,1-3,11-18H2;1H. The molecular formula is C27H31ClN2O4. The van der Waals surface area contributed by atoms with Crippen molar-refractivity contribution in [1.29, 1.82) is 0 Å². The molecule has 0 bridgehead atoms. The average Bonchev–Trinajstić information content (AvgIpc) is 3.16. The van der Waals surface area contributed by atoms with Gasteiger partial charge in [0.15, 0.2) is 5.78 Å². The molecule has 1 aliphatic carbocycles. The lowest BCUT2D eigenvalue weighted by Crippen LogP contribution is -2.44. The van der Waals surface area contributed by atoms with Gasteiger partial charge in [0.25, 0.3) is 5.91 Å². The Hall–Kier alpha value is -2.70. The number of amides is 1. The molecule has 1 saturated heterocycles. The Morgan fingerprint density at radius 1 is 0.912 bits per heavy atom. The molecule has 0 spiro atoms. The zero-order valence-electron chi connectivity index (χ0n) is 19.3. The van der Waals surface area contributed by atoms with E-state index < -0.39 is 6.04 Å². The predicted octanol–water partition coefficient (Wildman–Crippen LogP) is 4.32. The minimum Gasteiger partial charge on any atom is -0.489 e. The number of benzene rings is 2. The fourth-order valence-electron chi connectivity index (χ4n) is 5.18. The quantitative estimate of drug-likeness (QED) is 0.573. The van der Waals surface area contributed by atoms with Crippen LogP contribution < -0.4 is 4.74 Å². The van der Waals surface area contributed by atoms with Crippen LogP contribution in [0.1, 0.15) is 65.6 Å². The van der Waals surface area contributed by atoms with Crippen molar-refractivity contribution in [1.82, 2.24) is 9.80 Å². The van der Waals surface area contributed by atoms with E-state index in [1.54, 1.807) is 11.0 Å². The number of ether oxygens (including phenoxy) is 1. The third-order valence-electron chi connectivity index (χ3n) is 7.04. The van der Waals surface area contributed by atoms with E-state index in [1.807, 2.05) is 12.1 Å². The van der Waals surface area contributed by atoms with Crippen molar-refractivity contribution in [3.8, 4) is 5.75 Å². The molecule has 0 radical (unpaired) electrons. The second kappa shape index (κ2) is 10.7. The Labute approximate surface area is 206 Å². The van der Waals surface area contributed by atoms with Gasteiger partial charge in [0.1, 0.15) is 18.1 Å². The van der Waals surface area contributed by atoms with E-state index in [0.29, 0.717) is 37.3 Å². The Kier molecular flexibility index (Phi) is 7.69. The first-order chi connectivity index (χ1) is 16.1. The van der Waals surface area contributed by atoms with Crippen LogP contribution in [-0.4, -0.2) is 46.4 Å². The van der Waals surface area contributed by atoms with Gasteiger partial charge in [0, 0.05) is 24.1 Å². The van der Waals surface area contributed by atoms with Crippen LogP contribution in [0.2, 0.25) is 0 Å². The smallest absolute Gasteiger partial charge is 0.255 e. The lowest BCUT2D eigenvalue weighted by Gasteiger charge is -2.29. The number of carbonyl (C=O) groups is 3. The van der Waals surface area contributed by atoms with Crippen molar-refractivity contribution >= 4 is 29.9 Å². The van der Waals surface area contributed by atoms with Crippen molar-refractivity contribution in [3.05, 3.63) is 64.7 Å². The number of likely N-dealkylation sites (tertiary alicyclic amines) is 1. The first kappa shape index (κ1) is 24.4. The van der Waals surface area contributed by atoms with Gasteiger partial charge >= 0.3 is 0 Å². The number of fused-ring (bicyclic) bond motifs is 1. The molecule has 0 N–H and O–H groups in total. The van der Waals surface area contributed by atoms with Crippen LogP contribution in [0.15, 0.2) is 42.5 Å². The first-order valence-electron chi connectivity index (χ1n) is 12.0. The molecule has 3 aliphatic rings. The SMILES string of the molecule is Cl.O=C1CCC(N2Cc3c(OCc4ccc(CN5CCCCC5)cc4)cccc3C2=O)C(=O)C1. The summed E-state index contributed by atoms with van der Waals surface area (Å²) in [6, 6.07) is 13.5. The van der Waals surface area contributed by atoms with Crippen LogP contribution in [-0.2, 0) is 29.3 Å². The molecule has 2 aliphatic heterocycles. The van der Waals surface area contributed by atoms with Crippen LogP contribution in [0.4, 0.5) is 0 Å². The zero-order valence-corrected chi connectivity index (χ0v) is 20.1. The van der Waals surface area contributed by atoms with Gasteiger partial charge in [-0.15, -0.1) is 12.4 Å². The maximum absolute atomic E-state index is 13.0. The third-order valence-corrected chi connectivity index (χ3v) is 7.04. The van der Waals surface area contributed by atoms with Gasteiger partial charge in [0.05, 0.1) is 19.0 Å². The van der Waals surface area contributed by atoms with E-state index in [1.165, 1.54) is 37.9 Å². The highest BCUT2D eigenvalue weighted by atomic mass is 35.5. The molecule has 7 heteroatoms. The van der Waals surface area contributed by atoms with Crippen LogP contribution in [0.3, 0.4) is 0 Å². The second-order valence-corrected chi connectivity index (χ2v) is 9.39. The molecule has 2 heterocycles. The van der Waals surface area contributed by atoms with Gasteiger partial charge in [-0.3, -0.25) is 19.3 Å². The summed E-state index contributed by atoms with van der Waals surface area (Å²) >= 11 is 0. The van der Waals surface area contributed by atoms with E-state index in [4.69, 9.17) is 4.74 Å². The minimum absolute atomic E-state index is 0. The van der Waals surface area contributed by atoms with Gasteiger partial charge < -0.3 is 9.64 Å². The lowest BCUT2D eigenvalue weighted by atomic mass is 9.92. The summed E-state index contributed by atoms with van der Waals surface area (Å²) in [6.45, 7) is 4.14. The largest absolute Gasteiger partial charge is 0.489 e. The van der Waals surface area contributed by atoms with E-state index in [0.717, 1.165) is 17.7 Å². The third kappa shape index (κ3) is 5.18. The van der Waals surface area contributed by atoms with Crippen LogP contribution in [0, 0.1) is 0 Å². The number of piperidine rings is 1. The first-order valence-corrected chi connectivity index (χ1v) is 12.0. The van der Waals surface area contributed by atoms with Crippen molar-refractivity contribution in [2.45, 2.75) is 64.3 Å². The predicted molar refractivity (Wildman–Crippen MR) is 131 cm³/mol. The van der Waals surface area contributed by atoms with Crippen molar-refractivity contribution in [3.63, 3.8) is 0 Å². The molecule has 5 rings (SSSR count). The Morgan fingerprint density at radius 3 is 2.38 bits per heavy atom. The number of rotatable bonds is 6. The molecule has 1 atom stereocenters. The summed E-state index contributed by atoms with van der Waals surface area (Å²) in [5.74, 6) is 0.344. The van der Waals surface area contributed by atoms with Gasteiger partial charge in [-0.25, -0.2) is 0 Å². The summed E-state index contributed by atoms with van der Waals surface area (Å²) in [6.07, 6.45) is 4.63. The second-order valence-electron chi connectivity index (χ2n) is 9.39. The molecule has 1 unspecified atom stereocenters. The summed E-state index contributed by atoms with van der Waals surface area (Å²) in [5, 5.41) is 0. The maximum atomic E-state index is 13.0. The molecule has 2 aromatic rings. The lowest BCUT2D eigenvalue weighted by molar-refractivity contribution is -0.133. The Balaban J connectivity index is 0.00000274. The number of ketones is 2. The van der Waals surface area contributed by atoms with E-state index in [9.17, 15) is 14.4 Å². The maximum Gasteiger partial charge on any atom is 0.255 e. The normalized spacial score (nSPS) is 20.8. The number of Topliss-reactive ketones (excluding diaryl/α,β-unsaturated/α-hetero) is 2. The van der Waals surface area contributed by atoms with Crippen LogP contribution in [0.25, 0.3) is 0 Å². The molecule has 34 heavy (non-hydrogen) atoms. The fourth-order valence-corrected chi connectivity index (χ4v) is 5.18. The van der Waals surface area contributed by atoms with Crippen LogP contribution in [0.5, 0.6) is 5.75 Å². The topological polar surface area (TPSA) is 66.9 Å². The number of nitrogens with zero attached hydrogens (tertiary/aromatic N) is 2. The van der Waals surface area contributed by atoms with Gasteiger partial charge in [-0.2, -0.15) is 0 Å². The zero-order chi connectivity index (χ0) is 22.8. The van der Waals surface area contributed by atoms with Crippen molar-refractivity contribution in [2.24, 2.45) is 0 Å². The summed E-state index contributed by atoms with van der Waals surface area (Å²) in [4.78, 5) is 41.1. The van der Waals surface area contributed by atoms with E-state index >= 15 is 0 Å².